The van der Waals surface area contributed by atoms with Crippen molar-refractivity contribution in [2.24, 2.45) is 5.14 Å². The summed E-state index contributed by atoms with van der Waals surface area (Å²) in [5.74, 6) is -1.75. The maximum Gasteiger partial charge on any atom is 0.340 e. The number of primary sulfonamides is 1. The maximum atomic E-state index is 12.5. The first-order valence-corrected chi connectivity index (χ1v) is 8.54. The molecule has 1 heterocycles. The van der Waals surface area contributed by atoms with E-state index in [1.54, 1.807) is 6.92 Å². The number of anilines is 1. The molecule has 0 fully saturated rings. The van der Waals surface area contributed by atoms with Crippen LogP contribution in [0.3, 0.4) is 0 Å². The molecule has 0 atom stereocenters. The van der Waals surface area contributed by atoms with Crippen molar-refractivity contribution in [3.05, 3.63) is 35.2 Å². The molecule has 1 aromatic heterocycles. The molecule has 1 aromatic carbocycles. The normalized spacial score (nSPS) is 10.9. The second-order valence-corrected chi connectivity index (χ2v) is 6.39. The minimum absolute atomic E-state index is 0.0284. The third-order valence-electron chi connectivity index (χ3n) is 3.10. The summed E-state index contributed by atoms with van der Waals surface area (Å²) in [4.78, 5) is 35.7. The Kier molecular flexibility index (Phi) is 5.47. The summed E-state index contributed by atoms with van der Waals surface area (Å²) in [6, 6.07) is 3.57. The molecule has 26 heavy (non-hydrogen) atoms. The van der Waals surface area contributed by atoms with Crippen molar-refractivity contribution in [1.29, 1.82) is 0 Å². The molecule has 2 aromatic rings. The first-order chi connectivity index (χ1) is 12.2. The largest absolute Gasteiger partial charge is 0.467 e. The van der Waals surface area contributed by atoms with Gasteiger partial charge in [0.2, 0.25) is 16.0 Å². The highest BCUT2D eigenvalue weighted by Crippen LogP contribution is 2.21. The lowest BCUT2D eigenvalue weighted by Gasteiger charge is -2.12. The van der Waals surface area contributed by atoms with E-state index in [4.69, 9.17) is 9.88 Å². The van der Waals surface area contributed by atoms with E-state index in [9.17, 15) is 18.0 Å². The highest BCUT2D eigenvalue weighted by Gasteiger charge is 2.27. The fourth-order valence-electron chi connectivity index (χ4n) is 2.04. The average molecular weight is 381 g/mol. The number of nitrogens with two attached hydrogens (primary N) is 1. The monoisotopic (exact) mass is 381 g/mol. The number of esters is 1. The lowest BCUT2D eigenvalue weighted by molar-refractivity contribution is 0.0592. The Hall–Kier alpha value is -3.12. The smallest absolute Gasteiger partial charge is 0.340 e. The lowest BCUT2D eigenvalue weighted by Crippen LogP contribution is -2.23. The van der Waals surface area contributed by atoms with Crippen LogP contribution in [0.4, 0.5) is 5.95 Å². The number of ether oxygens (including phenoxy) is 2. The van der Waals surface area contributed by atoms with Gasteiger partial charge in [-0.05, 0) is 19.1 Å². The Labute approximate surface area is 148 Å². The van der Waals surface area contributed by atoms with E-state index in [0.717, 1.165) is 13.2 Å². The number of nitrogens with zero attached hydrogens (tertiary/aromatic N) is 3. The van der Waals surface area contributed by atoms with Crippen molar-refractivity contribution in [1.82, 2.24) is 15.0 Å². The van der Waals surface area contributed by atoms with E-state index < -0.39 is 32.4 Å². The number of hydrogen-bond acceptors (Lipinski definition) is 9. The molecule has 0 saturated heterocycles. The third-order valence-corrected chi connectivity index (χ3v) is 4.05. The molecule has 2 rings (SSSR count). The van der Waals surface area contributed by atoms with Crippen molar-refractivity contribution in [2.45, 2.75) is 11.8 Å². The summed E-state index contributed by atoms with van der Waals surface area (Å²) < 4.78 is 32.9. The number of sulfonamides is 1. The molecule has 0 aliphatic heterocycles. The van der Waals surface area contributed by atoms with Crippen molar-refractivity contribution in [3.63, 3.8) is 0 Å². The Morgan fingerprint density at radius 2 is 1.85 bits per heavy atom. The molecule has 0 unspecified atom stereocenters. The average Bonchev–Trinajstić information content (AvgIpc) is 2.58. The lowest BCUT2D eigenvalue weighted by atomic mass is 10.1. The van der Waals surface area contributed by atoms with Crippen LogP contribution in [0.1, 0.15) is 26.5 Å². The van der Waals surface area contributed by atoms with Crippen molar-refractivity contribution < 1.29 is 27.5 Å². The number of benzene rings is 1. The van der Waals surface area contributed by atoms with E-state index in [-0.39, 0.29) is 23.3 Å². The summed E-state index contributed by atoms with van der Waals surface area (Å²) in [5.41, 5.74) is -0.770. The Bertz CT molecular complexity index is 976. The maximum absolute atomic E-state index is 12.5. The second-order valence-electron chi connectivity index (χ2n) is 4.86. The Morgan fingerprint density at radius 1 is 1.15 bits per heavy atom. The SMILES string of the molecule is COC(=O)c1c(C(=O)Nc2nc(C)nc(OC)n2)cccc1S(N)(=O)=O. The van der Waals surface area contributed by atoms with Crippen LogP contribution in [0.5, 0.6) is 6.01 Å². The summed E-state index contributed by atoms with van der Waals surface area (Å²) in [7, 11) is -1.89. The van der Waals surface area contributed by atoms with Gasteiger partial charge in [0, 0.05) is 0 Å². The zero-order valence-corrected chi connectivity index (χ0v) is 14.8. The number of carbonyl (C=O) groups is 2. The van der Waals surface area contributed by atoms with Gasteiger partial charge in [0.05, 0.1) is 30.2 Å². The molecule has 12 heteroatoms. The quantitative estimate of drug-likeness (QED) is 0.671. The third kappa shape index (κ3) is 4.10. The molecule has 0 aliphatic rings. The van der Waals surface area contributed by atoms with E-state index in [1.165, 1.54) is 19.2 Å². The number of aromatic nitrogens is 3. The molecule has 3 N–H and O–H groups in total. The van der Waals surface area contributed by atoms with Gasteiger partial charge >= 0.3 is 12.0 Å². The molecule has 0 radical (unpaired) electrons. The number of rotatable bonds is 5. The zero-order valence-electron chi connectivity index (χ0n) is 14.0. The highest BCUT2D eigenvalue weighted by molar-refractivity contribution is 7.89. The van der Waals surface area contributed by atoms with Gasteiger partial charge in [0.25, 0.3) is 5.91 Å². The predicted molar refractivity (Wildman–Crippen MR) is 88.2 cm³/mol. The molecule has 0 aliphatic carbocycles. The molecule has 0 saturated carbocycles. The number of amides is 1. The van der Waals surface area contributed by atoms with Gasteiger partial charge in [-0.25, -0.2) is 18.4 Å². The summed E-state index contributed by atoms with van der Waals surface area (Å²) in [5, 5.41) is 7.46. The second kappa shape index (κ2) is 7.41. The van der Waals surface area contributed by atoms with Crippen LogP contribution in [0, 0.1) is 6.92 Å². The molecule has 0 bridgehead atoms. The predicted octanol–water partition coefficient (Wildman–Crippen LogP) is -0.125. The van der Waals surface area contributed by atoms with E-state index in [2.05, 4.69) is 25.0 Å². The molecule has 138 valence electrons. The van der Waals surface area contributed by atoms with Crippen molar-refractivity contribution >= 4 is 27.8 Å². The number of aryl methyl sites for hydroxylation is 1. The highest BCUT2D eigenvalue weighted by atomic mass is 32.2. The van der Waals surface area contributed by atoms with Gasteiger partial charge in [-0.3, -0.25) is 10.1 Å². The van der Waals surface area contributed by atoms with E-state index in [0.29, 0.717) is 0 Å². The van der Waals surface area contributed by atoms with Crippen LogP contribution in [0.15, 0.2) is 23.1 Å². The van der Waals surface area contributed by atoms with Gasteiger partial charge < -0.3 is 9.47 Å². The van der Waals surface area contributed by atoms with Gasteiger partial charge in [-0.2, -0.15) is 15.0 Å². The fourth-order valence-corrected chi connectivity index (χ4v) is 2.79. The van der Waals surface area contributed by atoms with E-state index in [1.807, 2.05) is 0 Å². The standard InChI is InChI=1S/C14H15N5O6S/c1-7-16-13(19-14(17-7)25-3)18-11(20)8-5-4-6-9(26(15,22)23)10(8)12(21)24-2/h4-6H,1-3H3,(H2,15,22,23)(H,16,17,18,19,20). The Morgan fingerprint density at radius 3 is 2.42 bits per heavy atom. The zero-order chi connectivity index (χ0) is 19.5. The summed E-state index contributed by atoms with van der Waals surface area (Å²) >= 11 is 0. The fraction of sp³-hybridized carbons (Fsp3) is 0.214. The van der Waals surface area contributed by atoms with Crippen LogP contribution < -0.4 is 15.2 Å². The molecular weight excluding hydrogens is 366 g/mol. The topological polar surface area (TPSA) is 163 Å². The number of nitrogens with one attached hydrogen (secondary N) is 1. The van der Waals surface area contributed by atoms with Crippen molar-refractivity contribution in [3.8, 4) is 6.01 Å². The Balaban J connectivity index is 2.53. The van der Waals surface area contributed by atoms with E-state index >= 15 is 0 Å². The molecule has 11 nitrogen and oxygen atoms in total. The van der Waals surface area contributed by atoms with Crippen LogP contribution in [-0.2, 0) is 14.8 Å². The van der Waals surface area contributed by atoms with Crippen molar-refractivity contribution in [2.75, 3.05) is 19.5 Å². The van der Waals surface area contributed by atoms with Crippen LogP contribution in [-0.4, -0.2) is 49.5 Å². The summed E-state index contributed by atoms with van der Waals surface area (Å²) in [6.07, 6.45) is 0. The first-order valence-electron chi connectivity index (χ1n) is 6.99. The summed E-state index contributed by atoms with van der Waals surface area (Å²) in [6.45, 7) is 1.56. The minimum atomic E-state index is -4.28. The van der Waals surface area contributed by atoms with Crippen LogP contribution >= 0.6 is 0 Å². The number of methoxy groups -OCH3 is 2. The van der Waals surface area contributed by atoms with Crippen LogP contribution in [0.2, 0.25) is 0 Å². The van der Waals surface area contributed by atoms with Gasteiger partial charge in [0.1, 0.15) is 5.82 Å². The molecular formula is C14H15N5O6S. The van der Waals surface area contributed by atoms with Crippen LogP contribution in [0.25, 0.3) is 0 Å². The van der Waals surface area contributed by atoms with Gasteiger partial charge in [-0.15, -0.1) is 0 Å². The van der Waals surface area contributed by atoms with Gasteiger partial charge in [0.15, 0.2) is 0 Å². The molecule has 0 spiro atoms. The first kappa shape index (κ1) is 19.2. The molecule has 1 amide bonds. The number of hydrogen-bond donors (Lipinski definition) is 2. The van der Waals surface area contributed by atoms with Gasteiger partial charge in [-0.1, -0.05) is 6.07 Å². The number of carbonyl (C=O) groups excluding carboxylic acids is 2. The minimum Gasteiger partial charge on any atom is -0.467 e.